The summed E-state index contributed by atoms with van der Waals surface area (Å²) < 4.78 is 42.4. The van der Waals surface area contributed by atoms with E-state index in [1.165, 1.54) is 0 Å². The number of rotatable bonds is 1. The van der Waals surface area contributed by atoms with Crippen LogP contribution >= 0.6 is 0 Å². The monoisotopic (exact) mass is 252 g/mol. The summed E-state index contributed by atoms with van der Waals surface area (Å²) in [5, 5.41) is 2.29. The number of nitrogens with zero attached hydrogens (tertiary/aromatic N) is 1. The summed E-state index contributed by atoms with van der Waals surface area (Å²) in [6, 6.07) is -0.955. The Hall–Kier alpha value is -0.980. The summed E-state index contributed by atoms with van der Waals surface area (Å²) >= 11 is 0. The van der Waals surface area contributed by atoms with E-state index < -0.39 is 30.3 Å². The van der Waals surface area contributed by atoms with Gasteiger partial charge >= 0.3 is 12.3 Å². The Morgan fingerprint density at radius 1 is 1.47 bits per heavy atom. The van der Waals surface area contributed by atoms with Crippen LogP contribution in [0.15, 0.2) is 0 Å². The second-order valence-electron chi connectivity index (χ2n) is 4.77. The standard InChI is InChI=1S/C10H15F3N2O2/c1-15-4-2-9(3-5-15)7(6-10(11,12)13)14-8(16)17-9/h7H,2-6H2,1H3,(H,14,16). The van der Waals surface area contributed by atoms with E-state index in [1.807, 2.05) is 11.9 Å². The molecule has 17 heavy (non-hydrogen) atoms. The van der Waals surface area contributed by atoms with E-state index in [-0.39, 0.29) is 0 Å². The Kier molecular flexibility index (Phi) is 2.97. The molecule has 1 atom stereocenters. The van der Waals surface area contributed by atoms with Crippen LogP contribution in [0.5, 0.6) is 0 Å². The molecule has 0 saturated carbocycles. The summed E-state index contributed by atoms with van der Waals surface area (Å²) in [6.07, 6.45) is -5.15. The maximum atomic E-state index is 12.4. The molecule has 0 aliphatic carbocycles. The largest absolute Gasteiger partial charge is 0.441 e. The highest BCUT2D eigenvalue weighted by Gasteiger charge is 2.53. The van der Waals surface area contributed by atoms with Gasteiger partial charge in [-0.25, -0.2) is 4.79 Å². The topological polar surface area (TPSA) is 41.6 Å². The third-order valence-corrected chi connectivity index (χ3v) is 3.49. The second-order valence-corrected chi connectivity index (χ2v) is 4.77. The third kappa shape index (κ3) is 2.65. The van der Waals surface area contributed by atoms with Crippen LogP contribution in [0.4, 0.5) is 18.0 Å². The van der Waals surface area contributed by atoms with Crippen LogP contribution in [-0.4, -0.2) is 48.9 Å². The smallest absolute Gasteiger partial charge is 0.408 e. The number of carbonyl (C=O) groups excluding carboxylic acids is 1. The lowest BCUT2D eigenvalue weighted by Gasteiger charge is -2.39. The summed E-state index contributed by atoms with van der Waals surface area (Å²) in [5.41, 5.74) is -0.973. The molecule has 1 amide bonds. The van der Waals surface area contributed by atoms with Gasteiger partial charge in [0.15, 0.2) is 0 Å². The Morgan fingerprint density at radius 3 is 2.59 bits per heavy atom. The molecule has 7 heteroatoms. The zero-order valence-corrected chi connectivity index (χ0v) is 9.51. The first-order valence-electron chi connectivity index (χ1n) is 5.56. The second kappa shape index (κ2) is 4.04. The minimum atomic E-state index is -4.29. The molecule has 0 aromatic rings. The molecule has 4 nitrogen and oxygen atoms in total. The first-order valence-corrected chi connectivity index (χ1v) is 5.56. The maximum absolute atomic E-state index is 12.4. The molecule has 2 fully saturated rings. The number of piperidine rings is 1. The van der Waals surface area contributed by atoms with Crippen LogP contribution in [0.3, 0.4) is 0 Å². The predicted molar refractivity (Wildman–Crippen MR) is 53.5 cm³/mol. The van der Waals surface area contributed by atoms with E-state index in [4.69, 9.17) is 4.74 Å². The van der Waals surface area contributed by atoms with Crippen LogP contribution in [-0.2, 0) is 4.74 Å². The van der Waals surface area contributed by atoms with Crippen LogP contribution in [0, 0.1) is 0 Å². The molecule has 1 unspecified atom stereocenters. The summed E-state index contributed by atoms with van der Waals surface area (Å²) in [4.78, 5) is 13.2. The van der Waals surface area contributed by atoms with Gasteiger partial charge in [-0.3, -0.25) is 0 Å². The lowest BCUT2D eigenvalue weighted by atomic mass is 9.83. The van der Waals surface area contributed by atoms with E-state index in [2.05, 4.69) is 5.32 Å². The lowest BCUT2D eigenvalue weighted by Crippen LogP contribution is -2.52. The van der Waals surface area contributed by atoms with Gasteiger partial charge in [0.05, 0.1) is 12.5 Å². The van der Waals surface area contributed by atoms with Crippen molar-refractivity contribution in [2.45, 2.75) is 37.1 Å². The van der Waals surface area contributed by atoms with Crippen molar-refractivity contribution in [1.29, 1.82) is 0 Å². The van der Waals surface area contributed by atoms with Crippen molar-refractivity contribution in [2.24, 2.45) is 0 Å². The number of nitrogens with one attached hydrogen (secondary N) is 1. The molecular weight excluding hydrogens is 237 g/mol. The minimum absolute atomic E-state index is 0.447. The van der Waals surface area contributed by atoms with Gasteiger partial charge in [0, 0.05) is 25.9 Å². The number of carbonyl (C=O) groups is 1. The molecule has 2 heterocycles. The first kappa shape index (κ1) is 12.5. The zero-order valence-electron chi connectivity index (χ0n) is 9.51. The summed E-state index contributed by atoms with van der Waals surface area (Å²) in [5.74, 6) is 0. The lowest BCUT2D eigenvalue weighted by molar-refractivity contribution is -0.150. The molecule has 2 rings (SSSR count). The number of halogens is 3. The van der Waals surface area contributed by atoms with Gasteiger partial charge in [0.25, 0.3) is 0 Å². The Balaban J connectivity index is 2.11. The van der Waals surface area contributed by atoms with Gasteiger partial charge in [0.2, 0.25) is 0 Å². The van der Waals surface area contributed by atoms with Gasteiger partial charge in [-0.05, 0) is 7.05 Å². The average molecular weight is 252 g/mol. The molecule has 0 aromatic carbocycles. The third-order valence-electron chi connectivity index (χ3n) is 3.49. The molecule has 2 aliphatic rings. The molecule has 0 bridgehead atoms. The number of ether oxygens (including phenoxy) is 1. The average Bonchev–Trinajstić information content (AvgIpc) is 2.46. The number of alkyl carbamates (subject to hydrolysis) is 1. The SMILES string of the molecule is CN1CCC2(CC1)OC(=O)NC2CC(F)(F)F. The molecule has 2 aliphatic heterocycles. The molecule has 2 saturated heterocycles. The van der Waals surface area contributed by atoms with Gasteiger partial charge < -0.3 is 15.0 Å². The fourth-order valence-corrected chi connectivity index (χ4v) is 2.48. The van der Waals surface area contributed by atoms with Crippen LogP contribution in [0.25, 0.3) is 0 Å². The van der Waals surface area contributed by atoms with Gasteiger partial charge in [-0.1, -0.05) is 0 Å². The van der Waals surface area contributed by atoms with Crippen molar-refractivity contribution in [3.8, 4) is 0 Å². The number of likely N-dealkylation sites (tertiary alicyclic amines) is 1. The number of alkyl halides is 3. The zero-order chi connectivity index (χ0) is 12.7. The fraction of sp³-hybridized carbons (Fsp3) is 0.900. The van der Waals surface area contributed by atoms with Crippen molar-refractivity contribution in [3.05, 3.63) is 0 Å². The highest BCUT2D eigenvalue weighted by atomic mass is 19.4. The Bertz CT molecular complexity index is 311. The van der Waals surface area contributed by atoms with Crippen molar-refractivity contribution in [1.82, 2.24) is 10.2 Å². The molecule has 0 radical (unpaired) electrons. The number of hydrogen-bond acceptors (Lipinski definition) is 3. The Labute approximate surface area is 97.1 Å². The highest BCUT2D eigenvalue weighted by molar-refractivity contribution is 5.71. The van der Waals surface area contributed by atoms with Crippen molar-refractivity contribution in [3.63, 3.8) is 0 Å². The van der Waals surface area contributed by atoms with Gasteiger partial charge in [-0.15, -0.1) is 0 Å². The van der Waals surface area contributed by atoms with Gasteiger partial charge in [0.1, 0.15) is 5.60 Å². The molecule has 0 aromatic heterocycles. The quantitative estimate of drug-likeness (QED) is 0.769. The van der Waals surface area contributed by atoms with Crippen molar-refractivity contribution < 1.29 is 22.7 Å². The summed E-state index contributed by atoms with van der Waals surface area (Å²) in [7, 11) is 1.90. The van der Waals surface area contributed by atoms with Crippen molar-refractivity contribution >= 4 is 6.09 Å². The first-order chi connectivity index (χ1) is 7.81. The Morgan fingerprint density at radius 2 is 2.06 bits per heavy atom. The number of amides is 1. The number of hydrogen-bond donors (Lipinski definition) is 1. The normalized spacial score (nSPS) is 29.2. The van der Waals surface area contributed by atoms with Crippen molar-refractivity contribution in [2.75, 3.05) is 20.1 Å². The fourth-order valence-electron chi connectivity index (χ4n) is 2.48. The molecule has 98 valence electrons. The molecule has 1 spiro atoms. The highest BCUT2D eigenvalue weighted by Crippen LogP contribution is 2.38. The van der Waals surface area contributed by atoms with E-state index in [9.17, 15) is 18.0 Å². The van der Waals surface area contributed by atoms with E-state index >= 15 is 0 Å². The van der Waals surface area contributed by atoms with Crippen LogP contribution in [0.1, 0.15) is 19.3 Å². The molecule has 1 N–H and O–H groups in total. The maximum Gasteiger partial charge on any atom is 0.408 e. The van der Waals surface area contributed by atoms with E-state index in [0.717, 1.165) is 0 Å². The van der Waals surface area contributed by atoms with Crippen LogP contribution < -0.4 is 5.32 Å². The predicted octanol–water partition coefficient (Wildman–Crippen LogP) is 1.51. The summed E-state index contributed by atoms with van der Waals surface area (Å²) in [6.45, 7) is 1.28. The van der Waals surface area contributed by atoms with E-state index in [1.54, 1.807) is 0 Å². The van der Waals surface area contributed by atoms with Gasteiger partial charge in [-0.2, -0.15) is 13.2 Å². The molecular formula is C10H15F3N2O2. The van der Waals surface area contributed by atoms with E-state index in [0.29, 0.717) is 25.9 Å². The minimum Gasteiger partial charge on any atom is -0.441 e. The van der Waals surface area contributed by atoms with Crippen LogP contribution in [0.2, 0.25) is 0 Å².